The number of methoxy groups -OCH3 is 2. The van der Waals surface area contributed by atoms with Crippen molar-refractivity contribution in [1.82, 2.24) is 14.5 Å². The lowest BCUT2D eigenvalue weighted by Crippen LogP contribution is -2.30. The topological polar surface area (TPSA) is 146 Å². The summed E-state index contributed by atoms with van der Waals surface area (Å²) in [6.45, 7) is 3.76. The van der Waals surface area contributed by atoms with Crippen LogP contribution in [-0.4, -0.2) is 57.2 Å². The van der Waals surface area contributed by atoms with Crippen LogP contribution in [0.15, 0.2) is 84.4 Å². The average Bonchev–Trinajstić information content (AvgIpc) is 3.50. The first-order valence-electron chi connectivity index (χ1n) is 12.9. The van der Waals surface area contributed by atoms with Crippen molar-refractivity contribution < 1.29 is 33.8 Å². The van der Waals surface area contributed by atoms with Crippen LogP contribution in [0.5, 0.6) is 11.5 Å². The molecule has 0 aliphatic carbocycles. The largest absolute Gasteiger partial charge is 0.504 e. The first-order chi connectivity index (χ1) is 20.2. The lowest BCUT2D eigenvalue weighted by Gasteiger charge is -2.32. The maximum absolute atomic E-state index is 13.2. The van der Waals surface area contributed by atoms with Gasteiger partial charge in [0.05, 0.1) is 55.7 Å². The van der Waals surface area contributed by atoms with Gasteiger partial charge < -0.3 is 28.8 Å². The monoisotopic (exact) mass is 574 g/mol. The number of phenolic OH excluding ortho intramolecular Hbond substituents is 1. The molecule has 1 atom stereocenters. The lowest BCUT2D eigenvalue weighted by molar-refractivity contribution is -0.384. The van der Waals surface area contributed by atoms with Crippen molar-refractivity contribution in [3.05, 3.63) is 111 Å². The van der Waals surface area contributed by atoms with E-state index in [0.29, 0.717) is 28.9 Å². The van der Waals surface area contributed by atoms with E-state index >= 15 is 0 Å². The van der Waals surface area contributed by atoms with Crippen LogP contribution in [0.1, 0.15) is 36.5 Å². The van der Waals surface area contributed by atoms with Crippen LogP contribution in [0.25, 0.3) is 6.08 Å². The predicted octanol–water partition coefficient (Wildman–Crippen LogP) is 4.52. The Hall–Kier alpha value is -5.39. The van der Waals surface area contributed by atoms with Crippen molar-refractivity contribution in [3.8, 4) is 11.5 Å². The number of allylic oxidation sites excluding steroid dienone is 1. The minimum Gasteiger partial charge on any atom is -0.504 e. The standard InChI is InChI=1S/C30H30N4O8/c1-5-42-29(36)24-17-33(11-9-20-13-22(16-32-12-10-31-18-32)28(35)25(14-20)40-3)19(2)26(30(37)41-4)27(24)21-7-6-8-23(15-21)34(38)39/h6-15,17-18,27,35H,5,16H2,1-4H3. The number of ether oxygens (including phenoxy) is 3. The van der Waals surface area contributed by atoms with E-state index in [-0.39, 0.29) is 34.9 Å². The maximum atomic E-state index is 13.2. The highest BCUT2D eigenvalue weighted by molar-refractivity contribution is 5.99. The van der Waals surface area contributed by atoms with Crippen molar-refractivity contribution >= 4 is 23.7 Å². The summed E-state index contributed by atoms with van der Waals surface area (Å²) in [5.74, 6) is -2.10. The third kappa shape index (κ3) is 6.17. The van der Waals surface area contributed by atoms with E-state index in [2.05, 4.69) is 4.98 Å². The average molecular weight is 575 g/mol. The van der Waals surface area contributed by atoms with Crippen LogP contribution >= 0.6 is 0 Å². The van der Waals surface area contributed by atoms with Crippen LogP contribution < -0.4 is 4.74 Å². The molecule has 12 nitrogen and oxygen atoms in total. The summed E-state index contributed by atoms with van der Waals surface area (Å²) in [4.78, 5) is 42.9. The number of imidazole rings is 1. The number of carbonyl (C=O) groups excluding carboxylic acids is 2. The molecule has 1 N–H and O–H groups in total. The van der Waals surface area contributed by atoms with Gasteiger partial charge in [-0.3, -0.25) is 10.1 Å². The third-order valence-electron chi connectivity index (χ3n) is 6.72. The van der Waals surface area contributed by atoms with E-state index in [1.54, 1.807) is 72.5 Å². The predicted molar refractivity (Wildman–Crippen MR) is 152 cm³/mol. The van der Waals surface area contributed by atoms with Gasteiger partial charge in [-0.25, -0.2) is 14.6 Å². The van der Waals surface area contributed by atoms with E-state index in [0.717, 1.165) is 0 Å². The van der Waals surface area contributed by atoms with Crippen molar-refractivity contribution in [2.75, 3.05) is 20.8 Å². The number of nitro groups is 1. The van der Waals surface area contributed by atoms with Crippen LogP contribution in [0, 0.1) is 10.1 Å². The lowest BCUT2D eigenvalue weighted by atomic mass is 9.81. The Balaban J connectivity index is 1.82. The summed E-state index contributed by atoms with van der Waals surface area (Å²) in [6, 6.07) is 9.18. The van der Waals surface area contributed by atoms with Gasteiger partial charge in [-0.1, -0.05) is 12.1 Å². The second-order valence-electron chi connectivity index (χ2n) is 9.27. The fourth-order valence-electron chi connectivity index (χ4n) is 4.71. The highest BCUT2D eigenvalue weighted by Crippen LogP contribution is 2.41. The third-order valence-corrected chi connectivity index (χ3v) is 6.72. The number of aromatic hydroxyl groups is 1. The number of benzene rings is 2. The molecule has 1 unspecified atom stereocenters. The second-order valence-corrected chi connectivity index (χ2v) is 9.27. The van der Waals surface area contributed by atoms with Crippen molar-refractivity contribution in [3.63, 3.8) is 0 Å². The molecular formula is C30H30N4O8. The van der Waals surface area contributed by atoms with Crippen LogP contribution in [0.2, 0.25) is 0 Å². The van der Waals surface area contributed by atoms with Gasteiger partial charge in [0.1, 0.15) is 0 Å². The van der Waals surface area contributed by atoms with E-state index in [1.807, 2.05) is 0 Å². The fourth-order valence-corrected chi connectivity index (χ4v) is 4.71. The van der Waals surface area contributed by atoms with Gasteiger partial charge in [0, 0.05) is 48.2 Å². The number of phenols is 1. The van der Waals surface area contributed by atoms with Gasteiger partial charge in [0.15, 0.2) is 11.5 Å². The zero-order valence-corrected chi connectivity index (χ0v) is 23.5. The molecule has 2 heterocycles. The number of nitro benzene ring substituents is 1. The summed E-state index contributed by atoms with van der Waals surface area (Å²) >= 11 is 0. The normalized spacial score (nSPS) is 15.0. The molecule has 0 spiro atoms. The molecule has 1 aromatic heterocycles. The van der Waals surface area contributed by atoms with Gasteiger partial charge in [-0.2, -0.15) is 0 Å². The molecule has 42 heavy (non-hydrogen) atoms. The molecule has 4 rings (SSSR count). The molecule has 0 saturated heterocycles. The number of hydrogen-bond donors (Lipinski definition) is 1. The summed E-state index contributed by atoms with van der Waals surface area (Å²) in [5, 5.41) is 22.2. The molecule has 1 aliphatic rings. The summed E-state index contributed by atoms with van der Waals surface area (Å²) in [6.07, 6.45) is 9.94. The highest BCUT2D eigenvalue weighted by Gasteiger charge is 2.38. The van der Waals surface area contributed by atoms with Crippen molar-refractivity contribution in [2.45, 2.75) is 26.3 Å². The van der Waals surface area contributed by atoms with Gasteiger partial charge in [-0.15, -0.1) is 0 Å². The van der Waals surface area contributed by atoms with Crippen LogP contribution in [-0.2, 0) is 25.6 Å². The summed E-state index contributed by atoms with van der Waals surface area (Å²) < 4.78 is 17.6. The number of non-ortho nitro benzene ring substituents is 1. The number of esters is 2. The van der Waals surface area contributed by atoms with Crippen LogP contribution in [0.4, 0.5) is 5.69 Å². The van der Waals surface area contributed by atoms with Gasteiger partial charge in [0.2, 0.25) is 0 Å². The SMILES string of the molecule is CCOC(=O)C1=CN(C=Cc2cc(Cn3ccnc3)c(O)c(OC)c2)C(C)=C(C(=O)OC)C1c1cccc([N+](=O)[O-])c1. The number of hydrogen-bond acceptors (Lipinski definition) is 10. The molecule has 0 fully saturated rings. The molecular weight excluding hydrogens is 544 g/mol. The van der Waals surface area contributed by atoms with Crippen LogP contribution in [0.3, 0.4) is 0 Å². The Kier molecular flexibility index (Phi) is 9.05. The maximum Gasteiger partial charge on any atom is 0.336 e. The molecule has 2 aromatic carbocycles. The Bertz CT molecular complexity index is 1590. The highest BCUT2D eigenvalue weighted by atomic mass is 16.6. The fraction of sp³-hybridized carbons (Fsp3) is 0.233. The Morgan fingerprint density at radius 3 is 2.62 bits per heavy atom. The molecule has 1 aliphatic heterocycles. The van der Waals surface area contributed by atoms with Crippen molar-refractivity contribution in [1.29, 1.82) is 0 Å². The minimum absolute atomic E-state index is 0.00494. The summed E-state index contributed by atoms with van der Waals surface area (Å²) in [5.41, 5.74) is 2.08. The minimum atomic E-state index is -0.975. The first kappa shape index (κ1) is 29.6. The molecule has 12 heteroatoms. The zero-order chi connectivity index (χ0) is 30.4. The van der Waals surface area contributed by atoms with E-state index in [4.69, 9.17) is 14.2 Å². The number of aromatic nitrogens is 2. The van der Waals surface area contributed by atoms with E-state index in [1.165, 1.54) is 38.6 Å². The number of carbonyl (C=O) groups is 2. The van der Waals surface area contributed by atoms with E-state index < -0.39 is 22.8 Å². The smallest absolute Gasteiger partial charge is 0.336 e. The molecule has 0 radical (unpaired) electrons. The molecule has 3 aromatic rings. The Morgan fingerprint density at radius 1 is 1.19 bits per heavy atom. The zero-order valence-electron chi connectivity index (χ0n) is 23.5. The van der Waals surface area contributed by atoms with Gasteiger partial charge in [-0.05, 0) is 43.2 Å². The molecule has 0 saturated carbocycles. The second kappa shape index (κ2) is 12.9. The number of nitrogens with zero attached hydrogens (tertiary/aromatic N) is 4. The Morgan fingerprint density at radius 2 is 1.98 bits per heavy atom. The summed E-state index contributed by atoms with van der Waals surface area (Å²) in [7, 11) is 2.67. The van der Waals surface area contributed by atoms with E-state index in [9.17, 15) is 24.8 Å². The molecule has 0 amide bonds. The molecule has 218 valence electrons. The first-order valence-corrected chi connectivity index (χ1v) is 12.9. The van der Waals surface area contributed by atoms with Gasteiger partial charge in [0.25, 0.3) is 5.69 Å². The quantitative estimate of drug-likeness (QED) is 0.208. The molecule has 0 bridgehead atoms. The Labute approximate surface area is 241 Å². The number of rotatable bonds is 10. The van der Waals surface area contributed by atoms with Crippen molar-refractivity contribution in [2.24, 2.45) is 0 Å². The van der Waals surface area contributed by atoms with Gasteiger partial charge >= 0.3 is 11.9 Å².